The van der Waals surface area contributed by atoms with Gasteiger partial charge in [0.05, 0.1) is 19.2 Å². The lowest BCUT2D eigenvalue weighted by atomic mass is 9.68. The average Bonchev–Trinajstić information content (AvgIpc) is 3.20. The van der Waals surface area contributed by atoms with Gasteiger partial charge in [0.15, 0.2) is 11.2 Å². The molecular weight excluding hydrogens is 528 g/mol. The van der Waals surface area contributed by atoms with Crippen molar-refractivity contribution in [1.82, 2.24) is 0 Å². The number of hydrogen-bond acceptors (Lipinski definition) is 5. The number of rotatable bonds is 4. The van der Waals surface area contributed by atoms with Crippen LogP contribution in [0.2, 0.25) is 5.02 Å². The summed E-state index contributed by atoms with van der Waals surface area (Å²) in [6.45, 7) is 0. The number of esters is 1. The summed E-state index contributed by atoms with van der Waals surface area (Å²) in [6.07, 6.45) is 3.74. The van der Waals surface area contributed by atoms with Crippen LogP contribution in [0.15, 0.2) is 83.3 Å². The molecule has 2 heterocycles. The number of halogens is 2. The Balaban J connectivity index is 1.81. The molecular formula is C28H20BrClN2O3. The van der Waals surface area contributed by atoms with E-state index in [9.17, 15) is 14.9 Å². The third-order valence-electron chi connectivity index (χ3n) is 6.88. The zero-order chi connectivity index (χ0) is 24.7. The van der Waals surface area contributed by atoms with Crippen molar-refractivity contribution in [2.45, 2.75) is 18.0 Å². The first kappa shape index (κ1) is 23.3. The van der Waals surface area contributed by atoms with Crippen molar-refractivity contribution >= 4 is 51.0 Å². The molecule has 4 atom stereocenters. The Bertz CT molecular complexity index is 1380. The molecule has 7 heteroatoms. The van der Waals surface area contributed by atoms with E-state index in [1.54, 1.807) is 24.3 Å². The fourth-order valence-corrected chi connectivity index (χ4v) is 5.75. The van der Waals surface area contributed by atoms with Crippen LogP contribution in [0.5, 0.6) is 0 Å². The smallest absolute Gasteiger partial charge is 0.329 e. The summed E-state index contributed by atoms with van der Waals surface area (Å²) in [5.41, 5.74) is 1.19. The standard InChI is InChI=1S/C28H20BrClN2O3/c1-35-27(34)28(16-31)23-15-10-17-4-2-3-5-22(17)32(23)25(24(28)18-6-11-20(29)12-7-18)26(33)19-8-13-21(30)14-9-19/h2-15,23-25H,1H3/t23-,24-,25+,28+/m0/s1. The van der Waals surface area contributed by atoms with E-state index in [4.69, 9.17) is 16.3 Å². The fourth-order valence-electron chi connectivity index (χ4n) is 5.36. The van der Waals surface area contributed by atoms with Crippen molar-refractivity contribution in [3.8, 4) is 6.07 Å². The molecule has 5 rings (SSSR count). The van der Waals surface area contributed by atoms with Crippen LogP contribution in [0.4, 0.5) is 5.69 Å². The highest BCUT2D eigenvalue weighted by molar-refractivity contribution is 9.10. The van der Waals surface area contributed by atoms with Crippen molar-refractivity contribution in [1.29, 1.82) is 5.26 Å². The van der Waals surface area contributed by atoms with Crippen LogP contribution in [0.3, 0.4) is 0 Å². The van der Waals surface area contributed by atoms with E-state index in [0.717, 1.165) is 15.7 Å². The van der Waals surface area contributed by atoms with Crippen molar-refractivity contribution in [3.05, 3.63) is 105 Å². The predicted molar refractivity (Wildman–Crippen MR) is 138 cm³/mol. The molecule has 0 spiro atoms. The maximum absolute atomic E-state index is 14.2. The van der Waals surface area contributed by atoms with E-state index in [1.807, 2.05) is 65.6 Å². The summed E-state index contributed by atoms with van der Waals surface area (Å²) in [4.78, 5) is 29.6. The second-order valence-corrected chi connectivity index (χ2v) is 9.94. The van der Waals surface area contributed by atoms with E-state index >= 15 is 0 Å². The predicted octanol–water partition coefficient (Wildman–Crippen LogP) is 6.04. The number of ketones is 1. The number of hydrogen-bond donors (Lipinski definition) is 0. The molecule has 3 aromatic rings. The Morgan fingerprint density at radius 2 is 1.74 bits per heavy atom. The van der Waals surface area contributed by atoms with Crippen LogP contribution in [0.1, 0.15) is 27.4 Å². The van der Waals surface area contributed by atoms with Gasteiger partial charge in [-0.1, -0.05) is 70.0 Å². The summed E-state index contributed by atoms with van der Waals surface area (Å²) < 4.78 is 6.08. The van der Waals surface area contributed by atoms with Crippen molar-refractivity contribution in [2.24, 2.45) is 5.41 Å². The minimum absolute atomic E-state index is 0.203. The Morgan fingerprint density at radius 3 is 2.40 bits per heavy atom. The van der Waals surface area contributed by atoms with Crippen molar-refractivity contribution in [3.63, 3.8) is 0 Å². The van der Waals surface area contributed by atoms with Gasteiger partial charge in [0, 0.05) is 26.7 Å². The minimum atomic E-state index is -1.65. The third-order valence-corrected chi connectivity index (χ3v) is 7.66. The first-order chi connectivity index (χ1) is 16.9. The van der Waals surface area contributed by atoms with E-state index in [2.05, 4.69) is 22.0 Å². The van der Waals surface area contributed by atoms with Gasteiger partial charge in [0.2, 0.25) is 0 Å². The van der Waals surface area contributed by atoms with E-state index < -0.39 is 29.4 Å². The van der Waals surface area contributed by atoms with Gasteiger partial charge in [-0.25, -0.2) is 0 Å². The van der Waals surface area contributed by atoms with Crippen molar-refractivity contribution < 1.29 is 14.3 Å². The second-order valence-electron chi connectivity index (χ2n) is 8.59. The Labute approximate surface area is 216 Å². The van der Waals surface area contributed by atoms with E-state index in [0.29, 0.717) is 16.1 Å². The number of fused-ring (bicyclic) bond motifs is 3. The minimum Gasteiger partial charge on any atom is -0.468 e. The second kappa shape index (κ2) is 8.99. The molecule has 0 unspecified atom stereocenters. The van der Waals surface area contributed by atoms with Gasteiger partial charge in [-0.15, -0.1) is 0 Å². The molecule has 2 aliphatic heterocycles. The summed E-state index contributed by atoms with van der Waals surface area (Å²) in [5.74, 6) is -1.67. The molecule has 5 nitrogen and oxygen atoms in total. The van der Waals surface area contributed by atoms with Crippen LogP contribution in [0.25, 0.3) is 6.08 Å². The molecule has 0 radical (unpaired) electrons. The van der Waals surface area contributed by atoms with Gasteiger partial charge < -0.3 is 9.64 Å². The van der Waals surface area contributed by atoms with E-state index in [1.165, 1.54) is 7.11 Å². The van der Waals surface area contributed by atoms with Gasteiger partial charge in [-0.2, -0.15) is 5.26 Å². The number of carbonyl (C=O) groups excluding carboxylic acids is 2. The van der Waals surface area contributed by atoms with E-state index in [-0.39, 0.29) is 5.78 Å². The average molecular weight is 548 g/mol. The number of carbonyl (C=O) groups is 2. The Kier molecular flexibility index (Phi) is 6.00. The molecule has 174 valence electrons. The monoisotopic (exact) mass is 546 g/mol. The number of nitrogens with zero attached hydrogens (tertiary/aromatic N) is 2. The van der Waals surface area contributed by atoms with Crippen LogP contribution in [0, 0.1) is 16.7 Å². The van der Waals surface area contributed by atoms with Gasteiger partial charge in [-0.05, 0) is 53.6 Å². The quantitative estimate of drug-likeness (QED) is 0.294. The van der Waals surface area contributed by atoms with Crippen LogP contribution < -0.4 is 4.90 Å². The molecule has 3 aromatic carbocycles. The normalized spacial score (nSPS) is 24.3. The highest BCUT2D eigenvalue weighted by Crippen LogP contribution is 2.56. The topological polar surface area (TPSA) is 70.4 Å². The lowest BCUT2D eigenvalue weighted by molar-refractivity contribution is -0.150. The molecule has 0 aromatic heterocycles. The molecule has 1 saturated heterocycles. The van der Waals surface area contributed by atoms with Gasteiger partial charge in [-0.3, -0.25) is 9.59 Å². The van der Waals surface area contributed by atoms with Crippen LogP contribution in [-0.2, 0) is 9.53 Å². The summed E-state index contributed by atoms with van der Waals surface area (Å²) in [6, 6.07) is 22.5. The molecule has 0 bridgehead atoms. The largest absolute Gasteiger partial charge is 0.468 e. The molecule has 2 aliphatic rings. The summed E-state index contributed by atoms with van der Waals surface area (Å²) in [7, 11) is 1.28. The SMILES string of the molecule is COC(=O)[C@]1(C#N)[C@@H]2C=Cc3ccccc3N2[C@@H](C(=O)c2ccc(Cl)cc2)[C@@H]1c1ccc(Br)cc1. The third kappa shape index (κ3) is 3.58. The number of anilines is 1. The number of para-hydroxylation sites is 1. The number of methoxy groups -OCH3 is 1. The fraction of sp³-hybridized carbons (Fsp3) is 0.179. The lowest BCUT2D eigenvalue weighted by Crippen LogP contribution is -2.46. The first-order valence-corrected chi connectivity index (χ1v) is 12.2. The maximum atomic E-state index is 14.2. The number of ether oxygens (including phenoxy) is 1. The highest BCUT2D eigenvalue weighted by atomic mass is 79.9. The summed E-state index contributed by atoms with van der Waals surface area (Å²) in [5, 5.41) is 11.2. The number of nitriles is 1. The zero-order valence-electron chi connectivity index (χ0n) is 18.7. The molecule has 0 saturated carbocycles. The summed E-state index contributed by atoms with van der Waals surface area (Å²) >= 11 is 9.54. The number of Topliss-reactive ketones (excluding diaryl/α,β-unsaturated/α-hetero) is 1. The highest BCUT2D eigenvalue weighted by Gasteiger charge is 2.67. The van der Waals surface area contributed by atoms with Gasteiger partial charge in [0.25, 0.3) is 0 Å². The lowest BCUT2D eigenvalue weighted by Gasteiger charge is -2.36. The first-order valence-electron chi connectivity index (χ1n) is 11.0. The molecule has 0 N–H and O–H groups in total. The molecule has 1 fully saturated rings. The van der Waals surface area contributed by atoms with Crippen molar-refractivity contribution in [2.75, 3.05) is 12.0 Å². The zero-order valence-corrected chi connectivity index (χ0v) is 21.0. The van der Waals surface area contributed by atoms with Gasteiger partial charge >= 0.3 is 5.97 Å². The van der Waals surface area contributed by atoms with Gasteiger partial charge in [0.1, 0.15) is 6.04 Å². The molecule has 35 heavy (non-hydrogen) atoms. The molecule has 0 aliphatic carbocycles. The number of benzene rings is 3. The van der Waals surface area contributed by atoms with Crippen LogP contribution in [-0.4, -0.2) is 30.9 Å². The van der Waals surface area contributed by atoms with Crippen LogP contribution >= 0.6 is 27.5 Å². The Hall–Kier alpha value is -3.40. The molecule has 0 amide bonds. The Morgan fingerprint density at radius 1 is 1.06 bits per heavy atom. The maximum Gasteiger partial charge on any atom is 0.329 e.